The summed E-state index contributed by atoms with van der Waals surface area (Å²) in [4.78, 5) is 20.8. The predicted octanol–water partition coefficient (Wildman–Crippen LogP) is 6.40. The normalized spacial score (nSPS) is 12.9. The first-order valence-electron chi connectivity index (χ1n) is 9.50. The summed E-state index contributed by atoms with van der Waals surface area (Å²) in [5.74, 6) is 0. The zero-order valence-corrected chi connectivity index (χ0v) is 15.9. The molecule has 0 aliphatic carbocycles. The van der Waals surface area contributed by atoms with E-state index in [1.165, 1.54) is 0 Å². The quantitative estimate of drug-likeness (QED) is 0.139. The summed E-state index contributed by atoms with van der Waals surface area (Å²) in [7, 11) is 0. The molecule has 0 amide bonds. The number of nitro groups is 1. The molecular formula is C22H32NO3. The van der Waals surface area contributed by atoms with Gasteiger partial charge in [-0.05, 0) is 51.0 Å². The van der Waals surface area contributed by atoms with Crippen molar-refractivity contribution in [2.45, 2.75) is 71.1 Å². The first kappa shape index (κ1) is 23.8. The fraction of sp³-hybridized carbons (Fsp3) is 0.500. The van der Waals surface area contributed by atoms with Gasteiger partial charge in [-0.25, -0.2) is 0 Å². The van der Waals surface area contributed by atoms with Gasteiger partial charge in [-0.15, -0.1) is 0 Å². The minimum Gasteiger partial charge on any atom is -0.291 e. The predicted molar refractivity (Wildman–Crippen MR) is 109 cm³/mol. The van der Waals surface area contributed by atoms with Crippen LogP contribution < -0.4 is 0 Å². The molecule has 143 valence electrons. The molecule has 0 atom stereocenters. The third kappa shape index (κ3) is 16.6. The Balaban J connectivity index is 3.99. The van der Waals surface area contributed by atoms with Gasteiger partial charge in [-0.1, -0.05) is 62.0 Å². The van der Waals surface area contributed by atoms with Gasteiger partial charge in [0.1, 0.15) is 0 Å². The number of allylic oxidation sites excluding steroid dienone is 9. The van der Waals surface area contributed by atoms with Gasteiger partial charge in [0.05, 0.1) is 11.3 Å². The van der Waals surface area contributed by atoms with Crippen LogP contribution in [0.3, 0.4) is 0 Å². The molecule has 0 aromatic heterocycles. The molecule has 0 aromatic rings. The van der Waals surface area contributed by atoms with E-state index >= 15 is 0 Å². The highest BCUT2D eigenvalue weighted by molar-refractivity contribution is 5.50. The molecule has 0 heterocycles. The zero-order chi connectivity index (χ0) is 19.3. The fourth-order valence-corrected chi connectivity index (χ4v) is 2.20. The van der Waals surface area contributed by atoms with Crippen molar-refractivity contribution in [3.05, 3.63) is 70.5 Å². The standard InChI is InChI=1S/C22H32NO3/c1-2-3-4-5-10-13-16-19-22(23(25)26)20-17-14-11-8-6-7-9-12-15-18-21-24/h3-4,6,8,10,13-14,17,19H,2,5,7,9,11-12,15-16,18,20H2,1H3/b4-3-,8-6-,13-10-,17-14-,22-19+. The van der Waals surface area contributed by atoms with E-state index in [9.17, 15) is 14.9 Å². The van der Waals surface area contributed by atoms with Gasteiger partial charge in [-0.3, -0.25) is 14.9 Å². The zero-order valence-electron chi connectivity index (χ0n) is 15.9. The van der Waals surface area contributed by atoms with Gasteiger partial charge in [0, 0.05) is 6.42 Å². The molecule has 0 rings (SSSR count). The Bertz CT molecular complexity index is 513. The van der Waals surface area contributed by atoms with Crippen LogP contribution in [0.1, 0.15) is 71.1 Å². The van der Waals surface area contributed by atoms with Crippen LogP contribution in [0.5, 0.6) is 0 Å². The van der Waals surface area contributed by atoms with Crippen LogP contribution in [0.15, 0.2) is 60.4 Å². The molecule has 4 nitrogen and oxygen atoms in total. The topological polar surface area (TPSA) is 60.2 Å². The highest BCUT2D eigenvalue weighted by Gasteiger charge is 2.06. The Morgan fingerprint density at radius 2 is 1.54 bits per heavy atom. The molecule has 1 radical (unpaired) electrons. The first-order valence-corrected chi connectivity index (χ1v) is 9.50. The summed E-state index contributed by atoms with van der Waals surface area (Å²) >= 11 is 0. The highest BCUT2D eigenvalue weighted by atomic mass is 16.6. The Hall–Kier alpha value is -2.23. The Kier molecular flexibility index (Phi) is 17.5. The van der Waals surface area contributed by atoms with Gasteiger partial charge in [-0.2, -0.15) is 0 Å². The van der Waals surface area contributed by atoms with Gasteiger partial charge in [0.2, 0.25) is 5.70 Å². The largest absolute Gasteiger partial charge is 0.291 e. The molecule has 0 aromatic carbocycles. The molecule has 4 heteroatoms. The van der Waals surface area contributed by atoms with Crippen molar-refractivity contribution in [2.75, 3.05) is 0 Å². The maximum Gasteiger partial charge on any atom is 0.246 e. The minimum atomic E-state index is -0.304. The van der Waals surface area contributed by atoms with Crippen molar-refractivity contribution in [2.24, 2.45) is 0 Å². The van der Waals surface area contributed by atoms with Crippen molar-refractivity contribution < 1.29 is 9.72 Å². The third-order valence-electron chi connectivity index (χ3n) is 3.65. The van der Waals surface area contributed by atoms with Gasteiger partial charge in [0.15, 0.2) is 6.29 Å². The van der Waals surface area contributed by atoms with Crippen LogP contribution in [-0.4, -0.2) is 11.2 Å². The maximum atomic E-state index is 11.0. The number of rotatable bonds is 16. The van der Waals surface area contributed by atoms with Crippen molar-refractivity contribution in [1.82, 2.24) is 0 Å². The number of nitrogens with zero attached hydrogens (tertiary/aromatic N) is 1. The lowest BCUT2D eigenvalue weighted by atomic mass is 10.1. The Morgan fingerprint density at radius 3 is 2.23 bits per heavy atom. The van der Waals surface area contributed by atoms with E-state index in [4.69, 9.17) is 0 Å². The van der Waals surface area contributed by atoms with Crippen molar-refractivity contribution in [1.29, 1.82) is 0 Å². The van der Waals surface area contributed by atoms with Gasteiger partial charge >= 0.3 is 0 Å². The molecule has 26 heavy (non-hydrogen) atoms. The smallest absolute Gasteiger partial charge is 0.246 e. The number of hydrogen-bond acceptors (Lipinski definition) is 3. The van der Waals surface area contributed by atoms with Crippen LogP contribution in [0.25, 0.3) is 0 Å². The van der Waals surface area contributed by atoms with Gasteiger partial charge in [0.25, 0.3) is 0 Å². The molecule has 0 unspecified atom stereocenters. The third-order valence-corrected chi connectivity index (χ3v) is 3.65. The Labute approximate surface area is 158 Å². The monoisotopic (exact) mass is 358 g/mol. The molecule has 0 bridgehead atoms. The van der Waals surface area contributed by atoms with E-state index in [0.29, 0.717) is 19.3 Å². The van der Waals surface area contributed by atoms with Crippen LogP contribution in [-0.2, 0) is 4.79 Å². The van der Waals surface area contributed by atoms with Gasteiger partial charge < -0.3 is 0 Å². The summed E-state index contributed by atoms with van der Waals surface area (Å²) < 4.78 is 0. The summed E-state index contributed by atoms with van der Waals surface area (Å²) in [5.41, 5.74) is 0.242. The van der Waals surface area contributed by atoms with Crippen molar-refractivity contribution in [3.63, 3.8) is 0 Å². The summed E-state index contributed by atoms with van der Waals surface area (Å²) in [6.07, 6.45) is 28.0. The van der Waals surface area contributed by atoms with Crippen molar-refractivity contribution >= 4 is 6.29 Å². The average Bonchev–Trinajstić information content (AvgIpc) is 2.63. The second-order valence-electron chi connectivity index (χ2n) is 5.90. The lowest BCUT2D eigenvalue weighted by Crippen LogP contribution is -1.97. The average molecular weight is 359 g/mol. The van der Waals surface area contributed by atoms with E-state index in [1.807, 2.05) is 30.6 Å². The molecule has 0 saturated carbocycles. The molecule has 0 N–H and O–H groups in total. The SMILES string of the molecule is CC/C=C\C/C=C\C/C=C(\C/C=C\C/C=C\CCCCC[C]=O)[N+](=O)[O-]. The number of unbranched alkanes of at least 4 members (excludes halogenated alkanes) is 4. The van der Waals surface area contributed by atoms with Crippen LogP contribution in [0.4, 0.5) is 0 Å². The molecule has 0 fully saturated rings. The van der Waals surface area contributed by atoms with E-state index in [1.54, 1.807) is 6.08 Å². The molecular weight excluding hydrogens is 326 g/mol. The lowest BCUT2D eigenvalue weighted by molar-refractivity contribution is -0.427. The van der Waals surface area contributed by atoms with E-state index in [2.05, 4.69) is 31.2 Å². The van der Waals surface area contributed by atoms with Crippen LogP contribution >= 0.6 is 0 Å². The second kappa shape index (κ2) is 19.1. The molecule has 0 aliphatic heterocycles. The van der Waals surface area contributed by atoms with E-state index in [0.717, 1.165) is 44.9 Å². The summed E-state index contributed by atoms with van der Waals surface area (Å²) in [6.45, 7) is 2.09. The lowest BCUT2D eigenvalue weighted by Gasteiger charge is -1.94. The number of hydrogen-bond donors (Lipinski definition) is 0. The number of carbonyl (C=O) groups excluding carboxylic acids is 1. The van der Waals surface area contributed by atoms with Crippen LogP contribution in [0, 0.1) is 10.1 Å². The summed E-state index contributed by atoms with van der Waals surface area (Å²) in [5, 5.41) is 11.0. The van der Waals surface area contributed by atoms with E-state index < -0.39 is 0 Å². The minimum absolute atomic E-state index is 0.242. The summed E-state index contributed by atoms with van der Waals surface area (Å²) in [6, 6.07) is 0. The first-order chi connectivity index (χ1) is 12.7. The molecule has 0 aliphatic rings. The Morgan fingerprint density at radius 1 is 0.885 bits per heavy atom. The molecule has 0 spiro atoms. The van der Waals surface area contributed by atoms with Crippen LogP contribution in [0.2, 0.25) is 0 Å². The second-order valence-corrected chi connectivity index (χ2v) is 5.90. The van der Waals surface area contributed by atoms with E-state index in [-0.39, 0.29) is 10.6 Å². The maximum absolute atomic E-state index is 11.0. The highest BCUT2D eigenvalue weighted by Crippen LogP contribution is 2.07. The van der Waals surface area contributed by atoms with Crippen molar-refractivity contribution in [3.8, 4) is 0 Å². The fourth-order valence-electron chi connectivity index (χ4n) is 2.20. The molecule has 0 saturated heterocycles.